The lowest BCUT2D eigenvalue weighted by Crippen LogP contribution is -2.43. The van der Waals surface area contributed by atoms with E-state index in [4.69, 9.17) is 0 Å². The van der Waals surface area contributed by atoms with Crippen LogP contribution in [0.4, 0.5) is 0 Å². The van der Waals surface area contributed by atoms with E-state index in [0.29, 0.717) is 12.1 Å². The maximum atomic E-state index is 3.42. The van der Waals surface area contributed by atoms with Crippen LogP contribution in [0.3, 0.4) is 0 Å². The zero-order valence-electron chi connectivity index (χ0n) is 10.3. The molecule has 1 heterocycles. The van der Waals surface area contributed by atoms with Gasteiger partial charge in [0, 0.05) is 18.6 Å². The molecular weight excluding hydrogens is 196 g/mol. The Hall–Kier alpha value is -0.860. The highest BCUT2D eigenvalue weighted by Crippen LogP contribution is 2.30. The Kier molecular flexibility index (Phi) is 3.97. The van der Waals surface area contributed by atoms with E-state index < -0.39 is 0 Å². The van der Waals surface area contributed by atoms with Crippen molar-refractivity contribution in [3.63, 3.8) is 0 Å². The summed E-state index contributed by atoms with van der Waals surface area (Å²) >= 11 is 0. The monoisotopic (exact) mass is 218 g/mol. The average Bonchev–Trinajstić information content (AvgIpc) is 2.39. The summed E-state index contributed by atoms with van der Waals surface area (Å²) in [6.07, 6.45) is 2.50. The fourth-order valence-electron chi connectivity index (χ4n) is 2.68. The molecule has 0 unspecified atom stereocenters. The van der Waals surface area contributed by atoms with E-state index in [1.807, 2.05) is 0 Å². The van der Waals surface area contributed by atoms with Gasteiger partial charge in [-0.05, 0) is 32.0 Å². The van der Waals surface area contributed by atoms with Gasteiger partial charge < -0.3 is 5.32 Å². The third-order valence-corrected chi connectivity index (χ3v) is 3.71. The summed E-state index contributed by atoms with van der Waals surface area (Å²) in [5.74, 6) is 0. The van der Waals surface area contributed by atoms with Gasteiger partial charge in [0.15, 0.2) is 0 Å². The molecule has 2 atom stereocenters. The Morgan fingerprint density at radius 3 is 2.69 bits per heavy atom. The minimum atomic E-state index is 0.595. The molecule has 1 saturated heterocycles. The van der Waals surface area contributed by atoms with Crippen LogP contribution in [-0.4, -0.2) is 31.1 Å². The molecule has 2 nitrogen and oxygen atoms in total. The van der Waals surface area contributed by atoms with Gasteiger partial charge in [0.1, 0.15) is 0 Å². The van der Waals surface area contributed by atoms with Crippen molar-refractivity contribution < 1.29 is 0 Å². The highest BCUT2D eigenvalue weighted by atomic mass is 15.2. The van der Waals surface area contributed by atoms with Gasteiger partial charge in [-0.3, -0.25) is 4.90 Å². The minimum absolute atomic E-state index is 0.595. The molecule has 0 aromatic heterocycles. The van der Waals surface area contributed by atoms with Crippen molar-refractivity contribution in [3.8, 4) is 0 Å². The molecule has 0 bridgehead atoms. The van der Waals surface area contributed by atoms with Gasteiger partial charge >= 0.3 is 0 Å². The van der Waals surface area contributed by atoms with Crippen LogP contribution in [0.25, 0.3) is 0 Å². The lowest BCUT2D eigenvalue weighted by atomic mass is 9.92. The van der Waals surface area contributed by atoms with Crippen molar-refractivity contribution in [2.45, 2.75) is 31.8 Å². The van der Waals surface area contributed by atoms with Crippen LogP contribution in [0.5, 0.6) is 0 Å². The molecule has 1 aromatic carbocycles. The van der Waals surface area contributed by atoms with Gasteiger partial charge in [-0.15, -0.1) is 0 Å². The molecule has 0 spiro atoms. The third kappa shape index (κ3) is 2.45. The quantitative estimate of drug-likeness (QED) is 0.838. The van der Waals surface area contributed by atoms with E-state index in [2.05, 4.69) is 54.5 Å². The van der Waals surface area contributed by atoms with Crippen LogP contribution in [0.1, 0.15) is 31.4 Å². The normalized spacial score (nSPS) is 26.9. The van der Waals surface area contributed by atoms with Crippen molar-refractivity contribution in [2.24, 2.45) is 0 Å². The van der Waals surface area contributed by atoms with E-state index in [-0.39, 0.29) is 0 Å². The SMILES string of the molecule is CCN1CC[C@@H](NC)C[C@H]1c1ccccc1. The number of likely N-dealkylation sites (tertiary alicyclic amines) is 1. The standard InChI is InChI=1S/C14H22N2/c1-3-16-10-9-13(15-2)11-14(16)12-7-5-4-6-8-12/h4-8,13-15H,3,9-11H2,1-2H3/t13-,14+/m1/s1. The smallest absolute Gasteiger partial charge is 0.0362 e. The summed E-state index contributed by atoms with van der Waals surface area (Å²) in [7, 11) is 2.08. The molecule has 1 N–H and O–H groups in total. The summed E-state index contributed by atoms with van der Waals surface area (Å²) in [6.45, 7) is 4.62. The fraction of sp³-hybridized carbons (Fsp3) is 0.571. The second-order valence-corrected chi connectivity index (χ2v) is 4.57. The summed E-state index contributed by atoms with van der Waals surface area (Å²) in [6, 6.07) is 12.2. The molecule has 0 saturated carbocycles. The lowest BCUT2D eigenvalue weighted by Gasteiger charge is -2.39. The summed E-state index contributed by atoms with van der Waals surface area (Å²) in [4.78, 5) is 2.59. The van der Waals surface area contributed by atoms with Crippen molar-refractivity contribution in [3.05, 3.63) is 35.9 Å². The van der Waals surface area contributed by atoms with Crippen molar-refractivity contribution in [1.82, 2.24) is 10.2 Å². The lowest BCUT2D eigenvalue weighted by molar-refractivity contribution is 0.134. The topological polar surface area (TPSA) is 15.3 Å². The Bertz CT molecular complexity index is 310. The number of hydrogen-bond donors (Lipinski definition) is 1. The van der Waals surface area contributed by atoms with E-state index in [0.717, 1.165) is 6.54 Å². The first-order valence-corrected chi connectivity index (χ1v) is 6.31. The second kappa shape index (κ2) is 5.46. The first-order chi connectivity index (χ1) is 7.85. The van der Waals surface area contributed by atoms with Crippen LogP contribution in [0.15, 0.2) is 30.3 Å². The van der Waals surface area contributed by atoms with Crippen LogP contribution in [-0.2, 0) is 0 Å². The molecule has 1 aliphatic heterocycles. The van der Waals surface area contributed by atoms with Gasteiger partial charge in [0.05, 0.1) is 0 Å². The molecule has 2 heteroatoms. The van der Waals surface area contributed by atoms with Gasteiger partial charge in [-0.1, -0.05) is 37.3 Å². The summed E-state index contributed by atoms with van der Waals surface area (Å²) in [5.41, 5.74) is 1.46. The molecule has 0 aliphatic carbocycles. The Morgan fingerprint density at radius 2 is 2.06 bits per heavy atom. The molecule has 1 aliphatic rings. The van der Waals surface area contributed by atoms with E-state index in [1.165, 1.54) is 24.9 Å². The van der Waals surface area contributed by atoms with E-state index >= 15 is 0 Å². The average molecular weight is 218 g/mol. The maximum absolute atomic E-state index is 3.42. The Labute approximate surface area is 98.7 Å². The number of benzene rings is 1. The molecular formula is C14H22N2. The molecule has 0 radical (unpaired) electrons. The molecule has 16 heavy (non-hydrogen) atoms. The number of rotatable bonds is 3. The summed E-state index contributed by atoms with van der Waals surface area (Å²) in [5, 5.41) is 3.42. The highest BCUT2D eigenvalue weighted by molar-refractivity contribution is 5.20. The number of nitrogens with zero attached hydrogens (tertiary/aromatic N) is 1. The molecule has 0 amide bonds. The van der Waals surface area contributed by atoms with E-state index in [1.54, 1.807) is 0 Å². The zero-order valence-corrected chi connectivity index (χ0v) is 10.3. The molecule has 1 fully saturated rings. The highest BCUT2D eigenvalue weighted by Gasteiger charge is 2.27. The fourth-order valence-corrected chi connectivity index (χ4v) is 2.68. The number of piperidine rings is 1. The van der Waals surface area contributed by atoms with Crippen LogP contribution >= 0.6 is 0 Å². The maximum Gasteiger partial charge on any atom is 0.0362 e. The van der Waals surface area contributed by atoms with Gasteiger partial charge in [-0.25, -0.2) is 0 Å². The third-order valence-electron chi connectivity index (χ3n) is 3.71. The Balaban J connectivity index is 2.15. The number of hydrogen-bond acceptors (Lipinski definition) is 2. The van der Waals surface area contributed by atoms with Crippen molar-refractivity contribution in [2.75, 3.05) is 20.1 Å². The minimum Gasteiger partial charge on any atom is -0.317 e. The van der Waals surface area contributed by atoms with Crippen LogP contribution in [0.2, 0.25) is 0 Å². The second-order valence-electron chi connectivity index (χ2n) is 4.57. The van der Waals surface area contributed by atoms with Crippen molar-refractivity contribution >= 4 is 0 Å². The van der Waals surface area contributed by atoms with Crippen LogP contribution < -0.4 is 5.32 Å². The van der Waals surface area contributed by atoms with Crippen molar-refractivity contribution in [1.29, 1.82) is 0 Å². The zero-order chi connectivity index (χ0) is 11.4. The number of nitrogens with one attached hydrogen (secondary N) is 1. The predicted octanol–water partition coefficient (Wildman–Crippen LogP) is 2.43. The molecule has 88 valence electrons. The largest absolute Gasteiger partial charge is 0.317 e. The van der Waals surface area contributed by atoms with Gasteiger partial charge in [0.2, 0.25) is 0 Å². The molecule has 2 rings (SSSR count). The first-order valence-electron chi connectivity index (χ1n) is 6.31. The predicted molar refractivity (Wildman–Crippen MR) is 68.5 cm³/mol. The summed E-state index contributed by atoms with van der Waals surface area (Å²) < 4.78 is 0. The first kappa shape index (κ1) is 11.6. The molecule has 1 aromatic rings. The van der Waals surface area contributed by atoms with Crippen LogP contribution in [0, 0.1) is 0 Å². The van der Waals surface area contributed by atoms with E-state index in [9.17, 15) is 0 Å². The van der Waals surface area contributed by atoms with Gasteiger partial charge in [0.25, 0.3) is 0 Å². The Morgan fingerprint density at radius 1 is 1.31 bits per heavy atom. The van der Waals surface area contributed by atoms with Gasteiger partial charge in [-0.2, -0.15) is 0 Å².